The van der Waals surface area contributed by atoms with Crippen LogP contribution in [0.15, 0.2) is 48.5 Å². The van der Waals surface area contributed by atoms with Crippen molar-refractivity contribution in [2.75, 3.05) is 19.6 Å². The summed E-state index contributed by atoms with van der Waals surface area (Å²) in [4.78, 5) is 17.0. The summed E-state index contributed by atoms with van der Waals surface area (Å²) in [6, 6.07) is 13.7. The Balaban J connectivity index is 1.67. The highest BCUT2D eigenvalue weighted by atomic mass is 19.1. The molecule has 2 aromatic carbocycles. The average molecular weight is 342 g/mol. The lowest BCUT2D eigenvalue weighted by Crippen LogP contribution is -2.51. The third-order valence-corrected chi connectivity index (χ3v) is 5.10. The Kier molecular flexibility index (Phi) is 4.25. The van der Waals surface area contributed by atoms with E-state index in [0.29, 0.717) is 19.1 Å². The standard InChI is InChI=1S/C20H20F2N2O/c21-16-7-4-8-17(22)19(16)20(25)24-12-11-23(15-9-10-15)13-18(24)14-5-2-1-3-6-14/h1-8,15,18H,9-13H2. The van der Waals surface area contributed by atoms with E-state index in [1.165, 1.54) is 18.9 Å². The van der Waals surface area contributed by atoms with Crippen LogP contribution in [-0.4, -0.2) is 41.4 Å². The smallest absolute Gasteiger partial charge is 0.260 e. The summed E-state index contributed by atoms with van der Waals surface area (Å²) >= 11 is 0. The minimum atomic E-state index is -0.804. The molecule has 25 heavy (non-hydrogen) atoms. The number of piperazine rings is 1. The molecule has 0 radical (unpaired) electrons. The maximum atomic E-state index is 14.1. The summed E-state index contributed by atoms with van der Waals surface area (Å²) < 4.78 is 28.2. The summed E-state index contributed by atoms with van der Waals surface area (Å²) in [6.45, 7) is 1.93. The van der Waals surface area contributed by atoms with E-state index in [4.69, 9.17) is 0 Å². The zero-order chi connectivity index (χ0) is 17.4. The quantitative estimate of drug-likeness (QED) is 0.850. The van der Waals surface area contributed by atoms with Gasteiger partial charge in [-0.05, 0) is 30.5 Å². The van der Waals surface area contributed by atoms with Crippen molar-refractivity contribution in [3.8, 4) is 0 Å². The van der Waals surface area contributed by atoms with E-state index in [1.807, 2.05) is 30.3 Å². The number of hydrogen-bond acceptors (Lipinski definition) is 2. The van der Waals surface area contributed by atoms with Crippen LogP contribution < -0.4 is 0 Å². The molecular weight excluding hydrogens is 322 g/mol. The second-order valence-corrected chi connectivity index (χ2v) is 6.75. The molecular formula is C20H20F2N2O. The Bertz CT molecular complexity index is 756. The van der Waals surface area contributed by atoms with Gasteiger partial charge >= 0.3 is 0 Å². The molecule has 0 spiro atoms. The van der Waals surface area contributed by atoms with Crippen molar-refractivity contribution >= 4 is 5.91 Å². The molecule has 1 unspecified atom stereocenters. The summed E-state index contributed by atoms with van der Waals surface area (Å²) in [5, 5.41) is 0. The van der Waals surface area contributed by atoms with Crippen molar-refractivity contribution in [1.82, 2.24) is 9.80 Å². The first-order chi connectivity index (χ1) is 12.1. The van der Waals surface area contributed by atoms with Crippen LogP contribution in [0.2, 0.25) is 0 Å². The van der Waals surface area contributed by atoms with E-state index in [9.17, 15) is 13.6 Å². The number of rotatable bonds is 3. The summed E-state index contributed by atoms with van der Waals surface area (Å²) in [5.74, 6) is -2.18. The number of nitrogens with zero attached hydrogens (tertiary/aromatic N) is 2. The fraction of sp³-hybridized carbons (Fsp3) is 0.350. The van der Waals surface area contributed by atoms with Crippen molar-refractivity contribution in [3.63, 3.8) is 0 Å². The highest BCUT2D eigenvalue weighted by molar-refractivity contribution is 5.95. The van der Waals surface area contributed by atoms with E-state index in [0.717, 1.165) is 24.2 Å². The molecule has 3 nitrogen and oxygen atoms in total. The number of benzene rings is 2. The fourth-order valence-electron chi connectivity index (χ4n) is 3.62. The molecule has 5 heteroatoms. The van der Waals surface area contributed by atoms with Crippen LogP contribution >= 0.6 is 0 Å². The first kappa shape index (κ1) is 16.2. The Hall–Kier alpha value is -2.27. The van der Waals surface area contributed by atoms with Crippen molar-refractivity contribution in [2.24, 2.45) is 0 Å². The van der Waals surface area contributed by atoms with Crippen molar-refractivity contribution in [1.29, 1.82) is 0 Å². The Morgan fingerprint density at radius 1 is 0.920 bits per heavy atom. The number of halogens is 2. The molecule has 2 aromatic rings. The van der Waals surface area contributed by atoms with Crippen LogP contribution in [-0.2, 0) is 0 Å². The van der Waals surface area contributed by atoms with Gasteiger partial charge in [0, 0.05) is 25.7 Å². The molecule has 130 valence electrons. The molecule has 2 fully saturated rings. The SMILES string of the molecule is O=C(c1c(F)cccc1F)N1CCN(C2CC2)CC1c1ccccc1. The predicted octanol–water partition coefficient (Wildman–Crippen LogP) is 3.63. The zero-order valence-corrected chi connectivity index (χ0v) is 13.9. The fourth-order valence-corrected chi connectivity index (χ4v) is 3.62. The van der Waals surface area contributed by atoms with E-state index < -0.39 is 23.1 Å². The second-order valence-electron chi connectivity index (χ2n) is 6.75. The van der Waals surface area contributed by atoms with Gasteiger partial charge in [-0.2, -0.15) is 0 Å². The third kappa shape index (κ3) is 3.16. The van der Waals surface area contributed by atoms with Crippen molar-refractivity contribution < 1.29 is 13.6 Å². The molecule has 1 heterocycles. The highest BCUT2D eigenvalue weighted by Crippen LogP contribution is 2.34. The van der Waals surface area contributed by atoms with Gasteiger partial charge in [-0.15, -0.1) is 0 Å². The summed E-state index contributed by atoms with van der Waals surface area (Å²) in [7, 11) is 0. The normalized spacial score (nSPS) is 21.4. The Morgan fingerprint density at radius 3 is 2.24 bits per heavy atom. The molecule has 0 bridgehead atoms. The molecule has 1 amide bonds. The van der Waals surface area contributed by atoms with E-state index in [-0.39, 0.29) is 6.04 Å². The molecule has 2 aliphatic rings. The van der Waals surface area contributed by atoms with Gasteiger partial charge in [0.25, 0.3) is 5.91 Å². The Labute approximate surface area is 145 Å². The van der Waals surface area contributed by atoms with E-state index >= 15 is 0 Å². The third-order valence-electron chi connectivity index (χ3n) is 5.10. The lowest BCUT2D eigenvalue weighted by molar-refractivity contribution is 0.0424. The van der Waals surface area contributed by atoms with Gasteiger partial charge in [0.05, 0.1) is 6.04 Å². The van der Waals surface area contributed by atoms with Crippen molar-refractivity contribution in [3.05, 3.63) is 71.3 Å². The Morgan fingerprint density at radius 2 is 1.60 bits per heavy atom. The van der Waals surface area contributed by atoms with Gasteiger partial charge in [0.2, 0.25) is 0 Å². The van der Waals surface area contributed by atoms with Crippen LogP contribution in [0, 0.1) is 11.6 Å². The molecule has 1 atom stereocenters. The van der Waals surface area contributed by atoms with Gasteiger partial charge in [0.1, 0.15) is 17.2 Å². The lowest BCUT2D eigenvalue weighted by Gasteiger charge is -2.42. The molecule has 1 aliphatic heterocycles. The van der Waals surface area contributed by atoms with Gasteiger partial charge < -0.3 is 4.90 Å². The molecule has 0 N–H and O–H groups in total. The van der Waals surface area contributed by atoms with Crippen molar-refractivity contribution in [2.45, 2.75) is 24.9 Å². The second kappa shape index (κ2) is 6.56. The maximum Gasteiger partial charge on any atom is 0.260 e. The van der Waals surface area contributed by atoms with Crippen LogP contribution in [0.25, 0.3) is 0 Å². The predicted molar refractivity (Wildman–Crippen MR) is 91.2 cm³/mol. The van der Waals surface area contributed by atoms with E-state index in [2.05, 4.69) is 4.90 Å². The summed E-state index contributed by atoms with van der Waals surface area (Å²) in [6.07, 6.45) is 2.38. The monoisotopic (exact) mass is 342 g/mol. The van der Waals surface area contributed by atoms with Crippen LogP contribution in [0.4, 0.5) is 8.78 Å². The first-order valence-electron chi connectivity index (χ1n) is 8.69. The van der Waals surface area contributed by atoms with Gasteiger partial charge in [-0.3, -0.25) is 9.69 Å². The lowest BCUT2D eigenvalue weighted by atomic mass is 10.0. The first-order valence-corrected chi connectivity index (χ1v) is 8.69. The molecule has 1 saturated carbocycles. The number of carbonyl (C=O) groups is 1. The van der Waals surface area contributed by atoms with Gasteiger partial charge in [0.15, 0.2) is 0 Å². The molecule has 1 saturated heterocycles. The van der Waals surface area contributed by atoms with E-state index in [1.54, 1.807) is 4.90 Å². The zero-order valence-electron chi connectivity index (χ0n) is 13.9. The van der Waals surface area contributed by atoms with Gasteiger partial charge in [-0.25, -0.2) is 8.78 Å². The molecule has 0 aromatic heterocycles. The highest BCUT2D eigenvalue weighted by Gasteiger charge is 2.39. The number of carbonyl (C=O) groups excluding carboxylic acids is 1. The number of amides is 1. The van der Waals surface area contributed by atoms with Crippen LogP contribution in [0.1, 0.15) is 34.8 Å². The molecule has 1 aliphatic carbocycles. The van der Waals surface area contributed by atoms with Crippen LogP contribution in [0.3, 0.4) is 0 Å². The number of hydrogen-bond donors (Lipinski definition) is 0. The average Bonchev–Trinajstić information content (AvgIpc) is 3.47. The minimum Gasteiger partial charge on any atom is -0.329 e. The topological polar surface area (TPSA) is 23.6 Å². The van der Waals surface area contributed by atoms with Crippen LogP contribution in [0.5, 0.6) is 0 Å². The largest absolute Gasteiger partial charge is 0.329 e. The minimum absolute atomic E-state index is 0.193. The molecule has 4 rings (SSSR count). The van der Waals surface area contributed by atoms with Gasteiger partial charge in [-0.1, -0.05) is 36.4 Å². The summed E-state index contributed by atoms with van der Waals surface area (Å²) in [5.41, 5.74) is 0.543. The maximum absolute atomic E-state index is 14.1.